The second-order valence-electron chi connectivity index (χ2n) is 1.11. The lowest BCUT2D eigenvalue weighted by Crippen LogP contribution is -1.78. The number of hydrogen-bond donors (Lipinski definition) is 0. The summed E-state index contributed by atoms with van der Waals surface area (Å²) in [5, 5.41) is 0. The molecule has 0 aliphatic rings. The molecule has 0 aliphatic carbocycles. The number of carbonyl (C=O) groups excluding carboxylic acids is 2. The van der Waals surface area contributed by atoms with E-state index in [1.54, 1.807) is 0 Å². The van der Waals surface area contributed by atoms with Crippen LogP contribution in [0.4, 0.5) is 0 Å². The molecule has 0 spiro atoms. The summed E-state index contributed by atoms with van der Waals surface area (Å²) in [6.07, 6.45) is 2.96. The van der Waals surface area contributed by atoms with Crippen molar-refractivity contribution in [3.8, 4) is 0 Å². The van der Waals surface area contributed by atoms with Gasteiger partial charge in [0.05, 0.1) is 0 Å². The van der Waals surface area contributed by atoms with Crippen LogP contribution in [0.3, 0.4) is 0 Å². The lowest BCUT2D eigenvalue weighted by atomic mass is 10.4. The third kappa shape index (κ3) is 5.08. The van der Waals surface area contributed by atoms with Crippen LogP contribution in [0.15, 0.2) is 12.2 Å². The van der Waals surface area contributed by atoms with Crippen LogP contribution in [-0.2, 0) is 9.59 Å². The molecule has 7 heavy (non-hydrogen) atoms. The largest absolute Gasteiger partial charge is 0.299 e. The Labute approximate surface area is 41.8 Å². The maximum absolute atomic E-state index is 9.96. The van der Waals surface area contributed by atoms with Gasteiger partial charge in [-0.15, -0.1) is 0 Å². The Kier molecular flexibility index (Phi) is 2.85. The van der Waals surface area contributed by atoms with Gasteiger partial charge >= 0.3 is 0 Å². The van der Waals surface area contributed by atoms with Crippen molar-refractivity contribution in [1.82, 2.24) is 0 Å². The van der Waals surface area contributed by atoms with Gasteiger partial charge in [0.15, 0.2) is 5.78 Å². The smallest absolute Gasteiger partial charge is 0.152 e. The first-order valence-electron chi connectivity index (χ1n) is 1.90. The molecule has 0 aromatic rings. The van der Waals surface area contributed by atoms with Gasteiger partial charge in [-0.3, -0.25) is 9.59 Å². The summed E-state index contributed by atoms with van der Waals surface area (Å²) >= 11 is 0. The molecule has 38 valence electrons. The molecule has 0 radical (unpaired) electrons. The van der Waals surface area contributed by atoms with E-state index in [1.807, 2.05) is 0 Å². The SMILES string of the molecule is CC(=O)C=CC=O. The standard InChI is InChI=1S/C5H6O2/c1-5(7)3-2-4-6/h2-4H,1H3. The van der Waals surface area contributed by atoms with Crippen molar-refractivity contribution in [2.75, 3.05) is 0 Å². The van der Waals surface area contributed by atoms with Crippen LogP contribution in [0.1, 0.15) is 6.92 Å². The first-order valence-corrected chi connectivity index (χ1v) is 1.90. The van der Waals surface area contributed by atoms with Crippen molar-refractivity contribution in [3.63, 3.8) is 0 Å². The highest BCUT2D eigenvalue weighted by Gasteiger charge is 1.75. The van der Waals surface area contributed by atoms with Crippen LogP contribution in [0.25, 0.3) is 0 Å². The minimum atomic E-state index is -0.105. The Balaban J connectivity index is 3.46. The molecule has 0 saturated heterocycles. The molecule has 0 aromatic carbocycles. The Hall–Kier alpha value is -0.920. The zero-order valence-corrected chi connectivity index (χ0v) is 4.05. The van der Waals surface area contributed by atoms with Gasteiger partial charge in [0.25, 0.3) is 0 Å². The highest BCUT2D eigenvalue weighted by molar-refractivity contribution is 5.90. The van der Waals surface area contributed by atoms with E-state index < -0.39 is 0 Å². The molecule has 0 amide bonds. The van der Waals surface area contributed by atoms with E-state index in [0.29, 0.717) is 6.29 Å². The summed E-state index contributed by atoms with van der Waals surface area (Å²) < 4.78 is 0. The van der Waals surface area contributed by atoms with Crippen LogP contribution < -0.4 is 0 Å². The molecule has 0 aliphatic heterocycles. The first-order chi connectivity index (χ1) is 3.27. The molecule has 0 heterocycles. The van der Waals surface area contributed by atoms with Gasteiger partial charge in [-0.25, -0.2) is 0 Å². The van der Waals surface area contributed by atoms with Crippen molar-refractivity contribution in [2.24, 2.45) is 0 Å². The molecule has 2 nitrogen and oxygen atoms in total. The van der Waals surface area contributed by atoms with Crippen LogP contribution in [0, 0.1) is 0 Å². The van der Waals surface area contributed by atoms with E-state index in [2.05, 4.69) is 0 Å². The van der Waals surface area contributed by atoms with Crippen LogP contribution in [0.5, 0.6) is 0 Å². The highest BCUT2D eigenvalue weighted by Crippen LogP contribution is 1.68. The summed E-state index contributed by atoms with van der Waals surface area (Å²) in [5.41, 5.74) is 0. The molecule has 0 rings (SSSR count). The fourth-order valence-corrected chi connectivity index (χ4v) is 0.175. The van der Waals surface area contributed by atoms with Crippen molar-refractivity contribution < 1.29 is 9.59 Å². The number of aldehydes is 1. The average Bonchev–Trinajstić information content (AvgIpc) is 1.61. The normalized spacial score (nSPS) is 9.29. The lowest BCUT2D eigenvalue weighted by molar-refractivity contribution is -0.113. The minimum absolute atomic E-state index is 0.105. The van der Waals surface area contributed by atoms with Crippen LogP contribution >= 0.6 is 0 Å². The quantitative estimate of drug-likeness (QED) is 0.368. The zero-order valence-electron chi connectivity index (χ0n) is 4.05. The van der Waals surface area contributed by atoms with Crippen molar-refractivity contribution >= 4 is 12.1 Å². The maximum Gasteiger partial charge on any atom is 0.152 e. The van der Waals surface area contributed by atoms with E-state index in [1.165, 1.54) is 19.1 Å². The summed E-state index contributed by atoms with van der Waals surface area (Å²) in [6.45, 7) is 1.39. The fraction of sp³-hybridized carbons (Fsp3) is 0.200. The predicted molar refractivity (Wildman–Crippen MR) is 25.9 cm³/mol. The monoisotopic (exact) mass is 98.0 g/mol. The molecule has 0 atom stereocenters. The topological polar surface area (TPSA) is 34.1 Å². The average molecular weight is 98.1 g/mol. The van der Waals surface area contributed by atoms with Crippen LogP contribution in [-0.4, -0.2) is 12.1 Å². The van der Waals surface area contributed by atoms with Crippen molar-refractivity contribution in [2.45, 2.75) is 6.92 Å². The molecule has 0 saturated carbocycles. The van der Waals surface area contributed by atoms with Gasteiger partial charge in [0.1, 0.15) is 6.29 Å². The summed E-state index contributed by atoms with van der Waals surface area (Å²) in [7, 11) is 0. The number of rotatable bonds is 2. The lowest BCUT2D eigenvalue weighted by Gasteiger charge is -1.68. The Morgan fingerprint density at radius 1 is 1.57 bits per heavy atom. The van der Waals surface area contributed by atoms with Gasteiger partial charge in [0, 0.05) is 0 Å². The highest BCUT2D eigenvalue weighted by atomic mass is 16.1. The zero-order chi connectivity index (χ0) is 5.70. The van der Waals surface area contributed by atoms with Crippen molar-refractivity contribution in [3.05, 3.63) is 12.2 Å². The summed E-state index contributed by atoms with van der Waals surface area (Å²) in [4.78, 5) is 19.4. The number of allylic oxidation sites excluding steroid dienone is 2. The van der Waals surface area contributed by atoms with E-state index in [9.17, 15) is 9.59 Å². The fourth-order valence-electron chi connectivity index (χ4n) is 0.175. The molecule has 0 N–H and O–H groups in total. The minimum Gasteiger partial charge on any atom is -0.299 e. The van der Waals surface area contributed by atoms with E-state index in [0.717, 1.165) is 0 Å². The molecular formula is C5H6O2. The number of ketones is 1. The van der Waals surface area contributed by atoms with Crippen molar-refractivity contribution in [1.29, 1.82) is 0 Å². The van der Waals surface area contributed by atoms with Gasteiger partial charge in [-0.1, -0.05) is 0 Å². The Bertz CT molecular complexity index is 103. The summed E-state index contributed by atoms with van der Waals surface area (Å²) in [5.74, 6) is -0.105. The molecule has 2 heteroatoms. The van der Waals surface area contributed by atoms with Crippen LogP contribution in [0.2, 0.25) is 0 Å². The van der Waals surface area contributed by atoms with E-state index >= 15 is 0 Å². The maximum atomic E-state index is 9.96. The second kappa shape index (κ2) is 3.28. The third-order valence-corrected chi connectivity index (χ3v) is 0.410. The second-order valence-corrected chi connectivity index (χ2v) is 1.11. The Morgan fingerprint density at radius 3 is 2.29 bits per heavy atom. The van der Waals surface area contributed by atoms with E-state index in [4.69, 9.17) is 0 Å². The van der Waals surface area contributed by atoms with Gasteiger partial charge in [-0.2, -0.15) is 0 Å². The summed E-state index contributed by atoms with van der Waals surface area (Å²) in [6, 6.07) is 0. The van der Waals surface area contributed by atoms with Gasteiger partial charge in [-0.05, 0) is 19.1 Å². The molecule has 0 unspecified atom stereocenters. The van der Waals surface area contributed by atoms with Gasteiger partial charge < -0.3 is 0 Å². The number of hydrogen-bond acceptors (Lipinski definition) is 2. The molecule has 0 bridgehead atoms. The molecule has 0 fully saturated rings. The Morgan fingerprint density at radius 2 is 2.14 bits per heavy atom. The van der Waals surface area contributed by atoms with E-state index in [-0.39, 0.29) is 5.78 Å². The van der Waals surface area contributed by atoms with Gasteiger partial charge in [0.2, 0.25) is 0 Å². The predicted octanol–water partition coefficient (Wildman–Crippen LogP) is 0.330. The number of carbonyl (C=O) groups is 2. The first kappa shape index (κ1) is 6.08. The molecule has 0 aromatic heterocycles. The third-order valence-electron chi connectivity index (χ3n) is 0.410. The molecular weight excluding hydrogens is 92.1 g/mol.